The molecule has 6 heteroatoms. The van der Waals surface area contributed by atoms with E-state index in [0.717, 1.165) is 35.3 Å². The lowest BCUT2D eigenvalue weighted by molar-refractivity contribution is 0.429. The summed E-state index contributed by atoms with van der Waals surface area (Å²) in [4.78, 5) is 0. The average Bonchev–Trinajstić information content (AvgIpc) is 3.25. The highest BCUT2D eigenvalue weighted by Crippen LogP contribution is 2.44. The van der Waals surface area contributed by atoms with Crippen molar-refractivity contribution in [3.63, 3.8) is 0 Å². The summed E-state index contributed by atoms with van der Waals surface area (Å²) in [6.45, 7) is 1.08. The monoisotopic (exact) mass is 279 g/mol. The predicted octanol–water partition coefficient (Wildman–Crippen LogP) is 1.88. The van der Waals surface area contributed by atoms with Crippen molar-refractivity contribution in [3.05, 3.63) is 0 Å². The maximum absolute atomic E-state index is 4.13. The lowest BCUT2D eigenvalue weighted by Crippen LogP contribution is -2.34. The number of hydrogen-bond donors (Lipinski definition) is 1. The van der Waals surface area contributed by atoms with Crippen LogP contribution in [0.2, 0.25) is 0 Å². The van der Waals surface area contributed by atoms with Crippen LogP contribution in [0.1, 0.15) is 44.6 Å². The van der Waals surface area contributed by atoms with Crippen LogP contribution in [0.25, 0.3) is 0 Å². The minimum absolute atomic E-state index is 0.580. The molecule has 1 aromatic heterocycles. The van der Waals surface area contributed by atoms with E-state index in [9.17, 15) is 0 Å². The highest BCUT2D eigenvalue weighted by molar-refractivity contribution is 7.99. The Labute approximate surface area is 117 Å². The molecule has 0 radical (unpaired) electrons. The van der Waals surface area contributed by atoms with Gasteiger partial charge in [0.05, 0.1) is 6.04 Å². The molecule has 19 heavy (non-hydrogen) atoms. The third-order valence-corrected chi connectivity index (χ3v) is 5.26. The minimum atomic E-state index is 0.580. The first-order valence-electron chi connectivity index (χ1n) is 7.56. The van der Waals surface area contributed by atoms with Crippen LogP contribution in [-0.4, -0.2) is 38.5 Å². The van der Waals surface area contributed by atoms with Gasteiger partial charge in [-0.15, -0.1) is 5.10 Å². The molecule has 1 N–H and O–H groups in total. The number of aromatic nitrogens is 4. The van der Waals surface area contributed by atoms with E-state index in [1.165, 1.54) is 38.5 Å². The van der Waals surface area contributed by atoms with Crippen molar-refractivity contribution in [1.82, 2.24) is 25.5 Å². The first kappa shape index (κ1) is 12.1. The van der Waals surface area contributed by atoms with Crippen molar-refractivity contribution in [2.75, 3.05) is 12.3 Å². The van der Waals surface area contributed by atoms with Gasteiger partial charge in [-0.25, -0.2) is 4.68 Å². The van der Waals surface area contributed by atoms with Gasteiger partial charge in [0.2, 0.25) is 5.16 Å². The molecule has 0 bridgehead atoms. The van der Waals surface area contributed by atoms with Crippen molar-refractivity contribution in [1.29, 1.82) is 0 Å². The van der Waals surface area contributed by atoms with Gasteiger partial charge in [0.25, 0.3) is 0 Å². The van der Waals surface area contributed by atoms with E-state index in [4.69, 9.17) is 0 Å². The highest BCUT2D eigenvalue weighted by Gasteiger charge is 2.40. The summed E-state index contributed by atoms with van der Waals surface area (Å²) in [6, 6.07) is 1.39. The lowest BCUT2D eigenvalue weighted by Gasteiger charge is -2.17. The van der Waals surface area contributed by atoms with E-state index in [1.807, 2.05) is 4.68 Å². The largest absolute Gasteiger partial charge is 0.313 e. The summed E-state index contributed by atoms with van der Waals surface area (Å²) >= 11 is 1.79. The van der Waals surface area contributed by atoms with Crippen LogP contribution in [0.15, 0.2) is 5.16 Å². The summed E-state index contributed by atoms with van der Waals surface area (Å²) in [7, 11) is 0. The summed E-state index contributed by atoms with van der Waals surface area (Å²) < 4.78 is 2.00. The molecule has 3 aliphatic rings. The van der Waals surface area contributed by atoms with Crippen molar-refractivity contribution in [2.24, 2.45) is 11.8 Å². The molecule has 0 unspecified atom stereocenters. The Morgan fingerprint density at radius 2 is 1.89 bits per heavy atom. The van der Waals surface area contributed by atoms with E-state index >= 15 is 0 Å². The molecular weight excluding hydrogens is 258 g/mol. The Morgan fingerprint density at radius 3 is 2.53 bits per heavy atom. The lowest BCUT2D eigenvalue weighted by atomic mass is 10.1. The summed E-state index contributed by atoms with van der Waals surface area (Å²) in [5.41, 5.74) is 0. The van der Waals surface area contributed by atoms with Crippen molar-refractivity contribution in [2.45, 2.75) is 55.8 Å². The second-order valence-corrected chi connectivity index (χ2v) is 7.20. The van der Waals surface area contributed by atoms with E-state index in [1.54, 1.807) is 11.8 Å². The maximum atomic E-state index is 4.13. The molecule has 3 fully saturated rings. The summed E-state index contributed by atoms with van der Waals surface area (Å²) in [5, 5.41) is 16.8. The van der Waals surface area contributed by atoms with Crippen molar-refractivity contribution in [3.8, 4) is 0 Å². The third kappa shape index (κ3) is 2.94. The van der Waals surface area contributed by atoms with Gasteiger partial charge in [-0.1, -0.05) is 11.8 Å². The minimum Gasteiger partial charge on any atom is -0.313 e. The fourth-order valence-corrected chi connectivity index (χ4v) is 3.64. The number of rotatable bonds is 8. The molecule has 0 spiro atoms. The number of hydrogen-bond acceptors (Lipinski definition) is 5. The predicted molar refractivity (Wildman–Crippen MR) is 74.1 cm³/mol. The van der Waals surface area contributed by atoms with Crippen LogP contribution < -0.4 is 5.32 Å². The van der Waals surface area contributed by atoms with Gasteiger partial charge in [0, 0.05) is 18.3 Å². The SMILES string of the molecule is C(CSc1nnnn1C1CC1)NC(C1CC1)C1CC1. The number of nitrogens with zero attached hydrogens (tertiary/aromatic N) is 4. The third-order valence-electron chi connectivity index (χ3n) is 4.33. The molecule has 1 aromatic rings. The molecule has 0 aromatic carbocycles. The van der Waals surface area contributed by atoms with Gasteiger partial charge in [0.15, 0.2) is 0 Å². The van der Waals surface area contributed by atoms with Gasteiger partial charge < -0.3 is 5.32 Å². The number of tetrazole rings is 1. The van der Waals surface area contributed by atoms with Crippen molar-refractivity contribution >= 4 is 11.8 Å². The summed E-state index contributed by atoms with van der Waals surface area (Å²) in [5.74, 6) is 3.03. The maximum Gasteiger partial charge on any atom is 0.209 e. The van der Waals surface area contributed by atoms with Crippen LogP contribution in [0.3, 0.4) is 0 Å². The van der Waals surface area contributed by atoms with Crippen LogP contribution in [-0.2, 0) is 0 Å². The second kappa shape index (κ2) is 5.05. The van der Waals surface area contributed by atoms with Gasteiger partial charge in [-0.05, 0) is 60.8 Å². The normalized spacial score (nSPS) is 23.2. The highest BCUT2D eigenvalue weighted by atomic mass is 32.2. The summed E-state index contributed by atoms with van der Waals surface area (Å²) in [6.07, 6.45) is 8.26. The van der Waals surface area contributed by atoms with Gasteiger partial charge >= 0.3 is 0 Å². The van der Waals surface area contributed by atoms with Crippen LogP contribution in [0.4, 0.5) is 0 Å². The molecule has 0 amide bonds. The zero-order chi connectivity index (χ0) is 12.7. The molecule has 4 rings (SSSR count). The molecule has 104 valence electrons. The Kier molecular flexibility index (Phi) is 3.23. The Balaban J connectivity index is 1.23. The molecule has 1 heterocycles. The molecule has 0 atom stereocenters. The molecule has 3 saturated carbocycles. The average molecular weight is 279 g/mol. The van der Waals surface area contributed by atoms with Gasteiger partial charge in [-0.3, -0.25) is 0 Å². The molecule has 0 aliphatic heterocycles. The van der Waals surface area contributed by atoms with Crippen LogP contribution in [0, 0.1) is 11.8 Å². The zero-order valence-corrected chi connectivity index (χ0v) is 12.0. The van der Waals surface area contributed by atoms with Gasteiger partial charge in [-0.2, -0.15) is 0 Å². The first-order chi connectivity index (χ1) is 9.42. The zero-order valence-electron chi connectivity index (χ0n) is 11.2. The standard InChI is InChI=1S/C13H21N5S/c1-2-9(1)12(10-3-4-10)14-7-8-19-13-15-16-17-18(13)11-5-6-11/h9-12,14H,1-8H2. The number of thioether (sulfide) groups is 1. The Morgan fingerprint density at radius 1 is 1.16 bits per heavy atom. The quantitative estimate of drug-likeness (QED) is 0.581. The fourth-order valence-electron chi connectivity index (χ4n) is 2.83. The second-order valence-electron chi connectivity index (χ2n) is 6.14. The van der Waals surface area contributed by atoms with E-state index in [-0.39, 0.29) is 0 Å². The van der Waals surface area contributed by atoms with Gasteiger partial charge in [0.1, 0.15) is 0 Å². The van der Waals surface area contributed by atoms with Crippen LogP contribution >= 0.6 is 11.8 Å². The van der Waals surface area contributed by atoms with E-state index in [0.29, 0.717) is 6.04 Å². The topological polar surface area (TPSA) is 55.6 Å². The van der Waals surface area contributed by atoms with E-state index < -0.39 is 0 Å². The molecule has 0 saturated heterocycles. The molecule has 5 nitrogen and oxygen atoms in total. The van der Waals surface area contributed by atoms with Crippen LogP contribution in [0.5, 0.6) is 0 Å². The Hall–Kier alpha value is -0.620. The fraction of sp³-hybridized carbons (Fsp3) is 0.923. The Bertz CT molecular complexity index is 424. The van der Waals surface area contributed by atoms with E-state index in [2.05, 4.69) is 20.8 Å². The first-order valence-corrected chi connectivity index (χ1v) is 8.54. The molecular formula is C13H21N5S. The number of nitrogens with one attached hydrogen (secondary N) is 1. The smallest absolute Gasteiger partial charge is 0.209 e. The van der Waals surface area contributed by atoms with Crippen molar-refractivity contribution < 1.29 is 0 Å². The molecule has 3 aliphatic carbocycles.